The molecule has 0 saturated heterocycles. The number of nitrogens with one attached hydrogen (secondary N) is 1. The molecule has 0 aromatic heterocycles. The maximum absolute atomic E-state index is 11.4. The first-order valence-electron chi connectivity index (χ1n) is 5.93. The Morgan fingerprint density at radius 1 is 1.20 bits per heavy atom. The third-order valence-electron chi connectivity index (χ3n) is 2.19. The van der Waals surface area contributed by atoms with E-state index in [4.69, 9.17) is 4.74 Å². The van der Waals surface area contributed by atoms with E-state index in [9.17, 15) is 14.4 Å². The number of ether oxygens (including phenoxy) is 2. The molecule has 0 bridgehead atoms. The Morgan fingerprint density at radius 2 is 1.85 bits per heavy atom. The summed E-state index contributed by atoms with van der Waals surface area (Å²) in [4.78, 5) is 33.6. The van der Waals surface area contributed by atoms with Crippen LogP contribution in [0.3, 0.4) is 0 Å². The summed E-state index contributed by atoms with van der Waals surface area (Å²) >= 11 is 0. The first kappa shape index (κ1) is 15.4. The highest BCUT2D eigenvalue weighted by Gasteiger charge is 2.08. The molecule has 1 N–H and O–H groups in total. The minimum atomic E-state index is -0.669. The Hall–Kier alpha value is -2.63. The van der Waals surface area contributed by atoms with E-state index in [1.165, 1.54) is 12.1 Å². The number of carbonyl (C=O) groups excluding carboxylic acids is 3. The van der Waals surface area contributed by atoms with E-state index in [1.807, 2.05) is 0 Å². The number of hydrogen-bond acceptors (Lipinski definition) is 5. The summed E-state index contributed by atoms with van der Waals surface area (Å²) in [6, 6.07) is 6.17. The summed E-state index contributed by atoms with van der Waals surface area (Å²) in [5, 5.41) is 2.52. The Bertz CT molecular complexity index is 507. The molecule has 0 unspecified atom stereocenters. The third kappa shape index (κ3) is 4.93. The zero-order chi connectivity index (χ0) is 15.0. The van der Waals surface area contributed by atoms with Crippen molar-refractivity contribution in [3.05, 3.63) is 42.5 Å². The van der Waals surface area contributed by atoms with Crippen molar-refractivity contribution in [3.8, 4) is 0 Å². The number of amides is 1. The molecule has 6 heteroatoms. The lowest BCUT2D eigenvalue weighted by Crippen LogP contribution is -2.20. The Kier molecular flexibility index (Phi) is 5.96. The topological polar surface area (TPSA) is 81.7 Å². The normalized spacial score (nSPS) is 9.45. The minimum absolute atomic E-state index is 0.298. The highest BCUT2D eigenvalue weighted by atomic mass is 16.5. The molecule has 0 radical (unpaired) electrons. The molecule has 0 heterocycles. The van der Waals surface area contributed by atoms with E-state index in [0.717, 1.165) is 6.08 Å². The molecule has 0 atom stereocenters. The van der Waals surface area contributed by atoms with E-state index in [-0.39, 0.29) is 0 Å². The van der Waals surface area contributed by atoms with Gasteiger partial charge in [-0.1, -0.05) is 6.58 Å². The van der Waals surface area contributed by atoms with Gasteiger partial charge in [-0.3, -0.25) is 4.79 Å². The van der Waals surface area contributed by atoms with E-state index < -0.39 is 24.5 Å². The van der Waals surface area contributed by atoms with Gasteiger partial charge in [0.25, 0.3) is 5.91 Å². The molecule has 1 aromatic rings. The molecular weight excluding hydrogens is 262 g/mol. The van der Waals surface area contributed by atoms with Crippen LogP contribution in [0.15, 0.2) is 36.9 Å². The van der Waals surface area contributed by atoms with Gasteiger partial charge in [-0.25, -0.2) is 9.59 Å². The van der Waals surface area contributed by atoms with Crippen LogP contribution in [0.2, 0.25) is 0 Å². The largest absolute Gasteiger partial charge is 0.462 e. The number of carbonyl (C=O) groups is 3. The second kappa shape index (κ2) is 7.73. The van der Waals surface area contributed by atoms with Crippen molar-refractivity contribution < 1.29 is 23.9 Å². The molecule has 6 nitrogen and oxygen atoms in total. The van der Waals surface area contributed by atoms with Gasteiger partial charge in [0.2, 0.25) is 0 Å². The Morgan fingerprint density at radius 3 is 2.40 bits per heavy atom. The van der Waals surface area contributed by atoms with E-state index in [1.54, 1.807) is 19.1 Å². The monoisotopic (exact) mass is 277 g/mol. The molecular formula is C14H15NO5. The smallest absolute Gasteiger partial charge is 0.338 e. The summed E-state index contributed by atoms with van der Waals surface area (Å²) < 4.78 is 9.41. The van der Waals surface area contributed by atoms with Crippen LogP contribution in [0.4, 0.5) is 5.69 Å². The summed E-state index contributed by atoms with van der Waals surface area (Å²) in [5.74, 6) is -1.58. The van der Waals surface area contributed by atoms with Crippen molar-refractivity contribution in [2.24, 2.45) is 0 Å². The summed E-state index contributed by atoms with van der Waals surface area (Å²) in [5.41, 5.74) is 0.876. The molecule has 0 spiro atoms. The molecule has 0 aliphatic rings. The van der Waals surface area contributed by atoms with Crippen LogP contribution in [0, 0.1) is 0 Å². The number of rotatable bonds is 6. The fourth-order valence-corrected chi connectivity index (χ4v) is 1.30. The average molecular weight is 277 g/mol. The van der Waals surface area contributed by atoms with Crippen LogP contribution in [-0.2, 0) is 19.1 Å². The van der Waals surface area contributed by atoms with Crippen LogP contribution in [0.1, 0.15) is 17.3 Å². The molecule has 0 fully saturated rings. The van der Waals surface area contributed by atoms with Crippen LogP contribution < -0.4 is 5.32 Å². The lowest BCUT2D eigenvalue weighted by atomic mass is 10.2. The highest BCUT2D eigenvalue weighted by molar-refractivity contribution is 5.94. The lowest BCUT2D eigenvalue weighted by molar-refractivity contribution is -0.142. The van der Waals surface area contributed by atoms with E-state index in [0.29, 0.717) is 17.9 Å². The summed E-state index contributed by atoms with van der Waals surface area (Å²) in [7, 11) is 0. The van der Waals surface area contributed by atoms with Gasteiger partial charge < -0.3 is 14.8 Å². The number of benzene rings is 1. The molecule has 1 amide bonds. The van der Waals surface area contributed by atoms with E-state index >= 15 is 0 Å². The van der Waals surface area contributed by atoms with Crippen molar-refractivity contribution in [2.45, 2.75) is 6.92 Å². The van der Waals surface area contributed by atoms with Gasteiger partial charge in [-0.2, -0.15) is 0 Å². The van der Waals surface area contributed by atoms with Gasteiger partial charge in [0.05, 0.1) is 12.2 Å². The second-order valence-electron chi connectivity index (χ2n) is 3.66. The fourth-order valence-electron chi connectivity index (χ4n) is 1.30. The summed E-state index contributed by atoms with van der Waals surface area (Å²) in [6.45, 7) is 4.83. The van der Waals surface area contributed by atoms with Crippen molar-refractivity contribution in [1.29, 1.82) is 0 Å². The van der Waals surface area contributed by atoms with Crippen LogP contribution >= 0.6 is 0 Å². The highest BCUT2D eigenvalue weighted by Crippen LogP contribution is 2.10. The standard InChI is InChI=1S/C14H15NO5/c1-3-13(17)20-9-12(16)15-11-7-5-10(6-8-11)14(18)19-4-2/h3,5-8H,1,4,9H2,2H3,(H,15,16). The Labute approximate surface area is 116 Å². The van der Waals surface area contributed by atoms with Crippen LogP contribution in [-0.4, -0.2) is 31.1 Å². The quantitative estimate of drug-likeness (QED) is 0.630. The maximum Gasteiger partial charge on any atom is 0.338 e. The van der Waals surface area contributed by atoms with Gasteiger partial charge in [0, 0.05) is 11.8 Å². The zero-order valence-electron chi connectivity index (χ0n) is 11.0. The first-order chi connectivity index (χ1) is 9.56. The molecule has 106 valence electrons. The average Bonchev–Trinajstić information content (AvgIpc) is 2.45. The zero-order valence-corrected chi connectivity index (χ0v) is 11.0. The number of esters is 2. The lowest BCUT2D eigenvalue weighted by Gasteiger charge is -2.06. The number of hydrogen-bond donors (Lipinski definition) is 1. The van der Waals surface area contributed by atoms with Crippen LogP contribution in [0.5, 0.6) is 0 Å². The number of anilines is 1. The maximum atomic E-state index is 11.4. The molecule has 1 rings (SSSR count). The van der Waals surface area contributed by atoms with Crippen molar-refractivity contribution in [2.75, 3.05) is 18.5 Å². The van der Waals surface area contributed by atoms with Gasteiger partial charge >= 0.3 is 11.9 Å². The van der Waals surface area contributed by atoms with Crippen molar-refractivity contribution in [1.82, 2.24) is 0 Å². The van der Waals surface area contributed by atoms with Crippen molar-refractivity contribution in [3.63, 3.8) is 0 Å². The molecule has 0 aliphatic carbocycles. The minimum Gasteiger partial charge on any atom is -0.462 e. The molecule has 0 saturated carbocycles. The van der Waals surface area contributed by atoms with Gasteiger partial charge in [0.15, 0.2) is 6.61 Å². The Balaban J connectivity index is 2.52. The van der Waals surface area contributed by atoms with Crippen molar-refractivity contribution >= 4 is 23.5 Å². The molecule has 0 aliphatic heterocycles. The second-order valence-corrected chi connectivity index (χ2v) is 3.66. The fraction of sp³-hybridized carbons (Fsp3) is 0.214. The predicted octanol–water partition coefficient (Wildman–Crippen LogP) is 1.53. The molecule has 20 heavy (non-hydrogen) atoms. The van der Waals surface area contributed by atoms with E-state index in [2.05, 4.69) is 16.6 Å². The van der Waals surface area contributed by atoms with Crippen LogP contribution in [0.25, 0.3) is 0 Å². The first-order valence-corrected chi connectivity index (χ1v) is 5.93. The SMILES string of the molecule is C=CC(=O)OCC(=O)Nc1ccc(C(=O)OCC)cc1. The molecule has 1 aromatic carbocycles. The predicted molar refractivity (Wildman–Crippen MR) is 72.2 cm³/mol. The van der Waals surface area contributed by atoms with Gasteiger partial charge in [0.1, 0.15) is 0 Å². The van der Waals surface area contributed by atoms with Gasteiger partial charge in [-0.15, -0.1) is 0 Å². The summed E-state index contributed by atoms with van der Waals surface area (Å²) in [6.07, 6.45) is 0.974. The van der Waals surface area contributed by atoms with Gasteiger partial charge in [-0.05, 0) is 31.2 Å². The third-order valence-corrected chi connectivity index (χ3v) is 2.19.